The molecule has 4 fully saturated rings. The van der Waals surface area contributed by atoms with Crippen molar-refractivity contribution < 1.29 is 4.79 Å². The van der Waals surface area contributed by atoms with Crippen LogP contribution in [-0.2, 0) is 20.0 Å². The third-order valence-corrected chi connectivity index (χ3v) is 8.74. The molecule has 0 bridgehead atoms. The van der Waals surface area contributed by atoms with Crippen LogP contribution < -0.4 is 5.32 Å². The number of aromatic nitrogens is 4. The number of rotatable bonds is 7. The Hall–Kier alpha value is -3.57. The molecule has 1 N–H and O–H groups in total. The molecule has 3 heterocycles. The normalized spacial score (nSPS) is 22.9. The second kappa shape index (κ2) is 10.9. The predicted molar refractivity (Wildman–Crippen MR) is 149 cm³/mol. The van der Waals surface area contributed by atoms with Gasteiger partial charge in [-0.1, -0.05) is 18.2 Å². The maximum absolute atomic E-state index is 12.7. The first kappa shape index (κ1) is 25.7. The summed E-state index contributed by atoms with van der Waals surface area (Å²) in [5, 5.41) is 19.4. The maximum Gasteiger partial charge on any atom is 0.274 e. The fraction of sp³-hybridized carbons (Fsp3) is 0.516. The number of aryl methyl sites for hydroxylation is 1. The molecule has 1 saturated heterocycles. The van der Waals surface area contributed by atoms with Gasteiger partial charge in [0.05, 0.1) is 6.07 Å². The van der Waals surface area contributed by atoms with Gasteiger partial charge < -0.3 is 9.88 Å². The number of carbonyl (C=O) groups is 1. The van der Waals surface area contributed by atoms with Gasteiger partial charge >= 0.3 is 0 Å². The van der Waals surface area contributed by atoms with Crippen molar-refractivity contribution in [3.63, 3.8) is 0 Å². The Bertz CT molecular complexity index is 1350. The van der Waals surface area contributed by atoms with Crippen molar-refractivity contribution in [1.82, 2.24) is 24.6 Å². The standard InChI is InChI=1S/C22H25N3O.C9H12N4/c26-21(23-18-4-2-1-3-5-18)20-13-16(12-19(24-20)17-6-7-17)14-25-11-10-22(15-25)8-9-22;1-13-6-11-12-9(13)4-7-2-8(3-7)5-10/h1-5,12-13,17H,6-11,14-15H2,(H,23,26);6-8H,2-4H2,1H3. The number of amides is 1. The minimum absolute atomic E-state index is 0.111. The van der Waals surface area contributed by atoms with E-state index in [9.17, 15) is 4.79 Å². The minimum atomic E-state index is -0.111. The third kappa shape index (κ3) is 6.36. The van der Waals surface area contributed by atoms with E-state index in [0.717, 1.165) is 43.0 Å². The largest absolute Gasteiger partial charge is 0.321 e. The molecule has 3 aromatic rings. The molecule has 0 atom stereocenters. The van der Waals surface area contributed by atoms with Gasteiger partial charge in [0.1, 0.15) is 17.8 Å². The Labute approximate surface area is 230 Å². The van der Waals surface area contributed by atoms with E-state index in [2.05, 4.69) is 37.5 Å². The van der Waals surface area contributed by atoms with Gasteiger partial charge in [0.15, 0.2) is 0 Å². The molecule has 8 nitrogen and oxygen atoms in total. The SMILES string of the molecule is Cn1cnnc1CC1CC(C#N)C1.O=C(Nc1ccccc1)c1cc(CN2CCC3(CC3)C2)cc(C2CC2)n1. The zero-order valence-electron chi connectivity index (χ0n) is 22.7. The fourth-order valence-electron chi connectivity index (χ4n) is 5.89. The monoisotopic (exact) mass is 523 g/mol. The zero-order valence-corrected chi connectivity index (χ0v) is 22.7. The number of carbonyl (C=O) groups excluding carboxylic acids is 1. The van der Waals surface area contributed by atoms with Crippen LogP contribution >= 0.6 is 0 Å². The average Bonchev–Trinajstić information content (AvgIpc) is 3.83. The van der Waals surface area contributed by atoms with E-state index in [-0.39, 0.29) is 5.91 Å². The second-order valence-electron chi connectivity index (χ2n) is 12.1. The molecule has 1 aromatic carbocycles. The van der Waals surface area contributed by atoms with Gasteiger partial charge in [-0.15, -0.1) is 10.2 Å². The highest BCUT2D eigenvalue weighted by molar-refractivity contribution is 6.03. The van der Waals surface area contributed by atoms with Crippen LogP contribution in [0.15, 0.2) is 48.8 Å². The number of nitriles is 1. The molecule has 39 heavy (non-hydrogen) atoms. The number of benzene rings is 1. The summed E-state index contributed by atoms with van der Waals surface area (Å²) in [5.41, 5.74) is 4.33. The lowest BCUT2D eigenvalue weighted by Crippen LogP contribution is -2.25. The number of nitrogens with zero attached hydrogens (tertiary/aromatic N) is 6. The van der Waals surface area contributed by atoms with Crippen molar-refractivity contribution in [2.45, 2.75) is 63.8 Å². The van der Waals surface area contributed by atoms with E-state index < -0.39 is 0 Å². The quantitative estimate of drug-likeness (QED) is 0.462. The molecule has 1 amide bonds. The molecule has 3 aliphatic carbocycles. The summed E-state index contributed by atoms with van der Waals surface area (Å²) in [5.74, 6) is 2.40. The lowest BCUT2D eigenvalue weighted by Gasteiger charge is -2.29. The van der Waals surface area contributed by atoms with Crippen molar-refractivity contribution in [2.75, 3.05) is 18.4 Å². The van der Waals surface area contributed by atoms with E-state index in [4.69, 9.17) is 5.26 Å². The lowest BCUT2D eigenvalue weighted by molar-refractivity contribution is 0.102. The highest BCUT2D eigenvalue weighted by Gasteiger charge is 2.47. The first-order valence-electron chi connectivity index (χ1n) is 14.3. The van der Waals surface area contributed by atoms with Crippen LogP contribution in [0, 0.1) is 28.6 Å². The third-order valence-electron chi connectivity index (χ3n) is 8.74. The molecule has 0 radical (unpaired) electrons. The molecule has 3 saturated carbocycles. The van der Waals surface area contributed by atoms with Crippen molar-refractivity contribution in [1.29, 1.82) is 5.26 Å². The molecular formula is C31H37N7O. The Morgan fingerprint density at radius 3 is 2.59 bits per heavy atom. The van der Waals surface area contributed by atoms with Crippen LogP contribution in [0.25, 0.3) is 0 Å². The summed E-state index contributed by atoms with van der Waals surface area (Å²) < 4.78 is 1.94. The minimum Gasteiger partial charge on any atom is -0.321 e. The summed E-state index contributed by atoms with van der Waals surface area (Å²) in [4.78, 5) is 20.0. The summed E-state index contributed by atoms with van der Waals surface area (Å²) in [6.45, 7) is 3.35. The van der Waals surface area contributed by atoms with E-state index in [1.54, 1.807) is 6.33 Å². The molecule has 7 rings (SSSR count). The van der Waals surface area contributed by atoms with Crippen LogP contribution in [0.3, 0.4) is 0 Å². The van der Waals surface area contributed by atoms with Crippen molar-refractivity contribution in [3.05, 3.63) is 71.6 Å². The van der Waals surface area contributed by atoms with Crippen LogP contribution in [0.1, 0.15) is 78.4 Å². The zero-order chi connectivity index (χ0) is 26.8. The Morgan fingerprint density at radius 2 is 1.95 bits per heavy atom. The summed E-state index contributed by atoms with van der Waals surface area (Å²) >= 11 is 0. The number of nitrogens with one attached hydrogen (secondary N) is 1. The summed E-state index contributed by atoms with van der Waals surface area (Å²) in [6, 6.07) is 16.1. The summed E-state index contributed by atoms with van der Waals surface area (Å²) in [7, 11) is 1.95. The number of pyridine rings is 1. The fourth-order valence-corrected chi connectivity index (χ4v) is 5.89. The highest BCUT2D eigenvalue weighted by atomic mass is 16.1. The van der Waals surface area contributed by atoms with E-state index in [1.165, 1.54) is 50.8 Å². The Kier molecular flexibility index (Phi) is 7.18. The maximum atomic E-state index is 12.7. The second-order valence-corrected chi connectivity index (χ2v) is 12.1. The predicted octanol–water partition coefficient (Wildman–Crippen LogP) is 5.10. The van der Waals surface area contributed by atoms with Gasteiger partial charge in [-0.3, -0.25) is 9.69 Å². The number of likely N-dealkylation sites (tertiary alicyclic amines) is 1. The van der Waals surface area contributed by atoms with E-state index >= 15 is 0 Å². The first-order valence-corrected chi connectivity index (χ1v) is 14.3. The molecular weight excluding hydrogens is 486 g/mol. The topological polar surface area (TPSA) is 99.7 Å². The number of para-hydroxylation sites is 1. The van der Waals surface area contributed by atoms with Crippen LogP contribution in [0.4, 0.5) is 5.69 Å². The van der Waals surface area contributed by atoms with Gasteiger partial charge in [0.2, 0.25) is 0 Å². The summed E-state index contributed by atoms with van der Waals surface area (Å²) in [6.07, 6.45) is 11.3. The van der Waals surface area contributed by atoms with E-state index in [0.29, 0.717) is 28.9 Å². The number of anilines is 1. The smallest absolute Gasteiger partial charge is 0.274 e. The van der Waals surface area contributed by atoms with Gasteiger partial charge in [-0.05, 0) is 92.7 Å². The van der Waals surface area contributed by atoms with Crippen LogP contribution in [0.5, 0.6) is 0 Å². The van der Waals surface area contributed by atoms with Gasteiger partial charge in [0.25, 0.3) is 5.91 Å². The molecule has 2 aromatic heterocycles. The van der Waals surface area contributed by atoms with Crippen molar-refractivity contribution >= 4 is 11.6 Å². The van der Waals surface area contributed by atoms with Crippen LogP contribution in [0.2, 0.25) is 0 Å². The van der Waals surface area contributed by atoms with Gasteiger partial charge in [-0.25, -0.2) is 4.98 Å². The van der Waals surface area contributed by atoms with Crippen LogP contribution in [-0.4, -0.2) is 43.6 Å². The molecule has 1 aliphatic heterocycles. The Balaban J connectivity index is 0.000000179. The van der Waals surface area contributed by atoms with Crippen molar-refractivity contribution in [3.8, 4) is 6.07 Å². The molecule has 0 unspecified atom stereocenters. The molecule has 1 spiro atoms. The van der Waals surface area contributed by atoms with Gasteiger partial charge in [-0.2, -0.15) is 5.26 Å². The molecule has 4 aliphatic rings. The molecule has 202 valence electrons. The molecule has 8 heteroatoms. The average molecular weight is 524 g/mol. The number of hydrogen-bond donors (Lipinski definition) is 1. The van der Waals surface area contributed by atoms with Gasteiger partial charge in [0, 0.05) is 49.8 Å². The lowest BCUT2D eigenvalue weighted by atomic mass is 9.74. The van der Waals surface area contributed by atoms with Crippen molar-refractivity contribution in [2.24, 2.45) is 24.3 Å². The highest BCUT2D eigenvalue weighted by Crippen LogP contribution is 2.52. The van der Waals surface area contributed by atoms with E-state index in [1.807, 2.05) is 48.0 Å². The Morgan fingerprint density at radius 1 is 1.15 bits per heavy atom. The number of hydrogen-bond acceptors (Lipinski definition) is 6. The first-order chi connectivity index (χ1) is 19.0.